The van der Waals surface area contributed by atoms with E-state index in [2.05, 4.69) is 5.32 Å². The van der Waals surface area contributed by atoms with Crippen molar-refractivity contribution in [1.29, 1.82) is 0 Å². The number of morpholine rings is 1. The molecule has 33 heavy (non-hydrogen) atoms. The molecule has 10 heteroatoms. The minimum absolute atomic E-state index is 0.117. The molecule has 1 aromatic carbocycles. The molecule has 7 nitrogen and oxygen atoms in total. The van der Waals surface area contributed by atoms with Crippen molar-refractivity contribution in [2.24, 2.45) is 11.8 Å². The van der Waals surface area contributed by atoms with E-state index in [0.29, 0.717) is 24.9 Å². The number of carbonyl (C=O) groups excluding carboxylic acids is 2. The number of nitrogens with one attached hydrogen (secondary N) is 2. The van der Waals surface area contributed by atoms with E-state index in [1.54, 1.807) is 0 Å². The zero-order valence-electron chi connectivity index (χ0n) is 18.5. The number of benzene rings is 1. The highest BCUT2D eigenvalue weighted by Gasteiger charge is 2.37. The SMILES string of the molecule is [NH-]C[C@@H](C(=O)Nc1ccc(N2CCOCC2=O)cc1C(F)(F)F)N(CC1CCC1)CC1CC1. The third-order valence-electron chi connectivity index (χ3n) is 6.71. The first-order valence-electron chi connectivity index (χ1n) is 11.5. The van der Waals surface area contributed by atoms with Gasteiger partial charge in [0.15, 0.2) is 0 Å². The number of rotatable bonds is 9. The molecule has 0 unspecified atom stereocenters. The van der Waals surface area contributed by atoms with Gasteiger partial charge in [-0.05, 0) is 55.7 Å². The molecule has 0 bridgehead atoms. The van der Waals surface area contributed by atoms with Gasteiger partial charge < -0.3 is 20.7 Å². The van der Waals surface area contributed by atoms with Crippen molar-refractivity contribution in [1.82, 2.24) is 4.90 Å². The first-order chi connectivity index (χ1) is 15.8. The van der Waals surface area contributed by atoms with Crippen molar-refractivity contribution in [3.05, 3.63) is 29.5 Å². The van der Waals surface area contributed by atoms with Gasteiger partial charge in [0, 0.05) is 25.3 Å². The van der Waals surface area contributed by atoms with Crippen LogP contribution in [0.4, 0.5) is 24.5 Å². The van der Waals surface area contributed by atoms with Crippen molar-refractivity contribution in [2.45, 2.75) is 44.3 Å². The maximum atomic E-state index is 13.9. The molecule has 0 aromatic heterocycles. The number of carbonyl (C=O) groups is 2. The summed E-state index contributed by atoms with van der Waals surface area (Å²) in [6.07, 6.45) is 0.804. The summed E-state index contributed by atoms with van der Waals surface area (Å²) in [5.74, 6) is -0.0116. The standard InChI is InChI=1S/C23H30F3N4O3/c24-23(25,26)18-10-17(30-8-9-33-14-21(30)31)6-7-19(18)28-22(32)20(11-27)29(13-16-4-5-16)12-15-2-1-3-15/h6-7,10,15-16,20,27H,1-5,8-9,11-14H2,(H,28,32)/q-1/t20-/m0/s1. The molecule has 0 radical (unpaired) electrons. The van der Waals surface area contributed by atoms with E-state index < -0.39 is 29.6 Å². The van der Waals surface area contributed by atoms with E-state index in [-0.39, 0.29) is 37.7 Å². The van der Waals surface area contributed by atoms with Crippen molar-refractivity contribution in [3.8, 4) is 0 Å². The Hall–Kier alpha value is -2.17. The van der Waals surface area contributed by atoms with Crippen LogP contribution in [0, 0.1) is 11.8 Å². The zero-order valence-corrected chi connectivity index (χ0v) is 18.5. The summed E-state index contributed by atoms with van der Waals surface area (Å²) in [4.78, 5) is 28.4. The number of hydrogen-bond donors (Lipinski definition) is 1. The van der Waals surface area contributed by atoms with Gasteiger partial charge in [0.2, 0.25) is 5.91 Å². The van der Waals surface area contributed by atoms with Crippen molar-refractivity contribution < 1.29 is 27.5 Å². The average Bonchev–Trinajstić information content (AvgIpc) is 3.55. The van der Waals surface area contributed by atoms with Gasteiger partial charge in [-0.25, -0.2) is 0 Å². The summed E-state index contributed by atoms with van der Waals surface area (Å²) in [6.45, 7) is 1.43. The lowest BCUT2D eigenvalue weighted by atomic mass is 9.84. The maximum absolute atomic E-state index is 13.9. The lowest BCUT2D eigenvalue weighted by Gasteiger charge is -2.38. The Labute approximate surface area is 191 Å². The van der Waals surface area contributed by atoms with Gasteiger partial charge in [-0.3, -0.25) is 14.5 Å². The molecule has 2 aliphatic carbocycles. The molecule has 1 heterocycles. The Balaban J connectivity index is 1.53. The highest BCUT2D eigenvalue weighted by Crippen LogP contribution is 2.38. The van der Waals surface area contributed by atoms with Gasteiger partial charge in [-0.15, -0.1) is 6.54 Å². The molecule has 1 aromatic rings. The lowest BCUT2D eigenvalue weighted by Crippen LogP contribution is -2.49. The lowest BCUT2D eigenvalue weighted by molar-refractivity contribution is -0.137. The van der Waals surface area contributed by atoms with Gasteiger partial charge in [-0.2, -0.15) is 13.2 Å². The van der Waals surface area contributed by atoms with E-state index in [9.17, 15) is 22.8 Å². The summed E-state index contributed by atoms with van der Waals surface area (Å²) < 4.78 is 46.6. The smallest absolute Gasteiger partial charge is 0.418 e. The number of nitrogens with zero attached hydrogens (tertiary/aromatic N) is 2. The fraction of sp³-hybridized carbons (Fsp3) is 0.652. The Kier molecular flexibility index (Phi) is 7.25. The van der Waals surface area contributed by atoms with E-state index in [1.165, 1.54) is 17.0 Å². The van der Waals surface area contributed by atoms with Crippen LogP contribution in [0.15, 0.2) is 18.2 Å². The minimum atomic E-state index is -4.72. The number of halogens is 3. The molecule has 2 amide bonds. The van der Waals surface area contributed by atoms with Crippen LogP contribution in [0.1, 0.15) is 37.7 Å². The summed E-state index contributed by atoms with van der Waals surface area (Å²) in [5.41, 5.74) is 6.71. The maximum Gasteiger partial charge on any atom is 0.418 e. The van der Waals surface area contributed by atoms with E-state index >= 15 is 0 Å². The Morgan fingerprint density at radius 2 is 1.91 bits per heavy atom. The molecule has 1 atom stereocenters. The molecule has 182 valence electrons. The molecular formula is C23H30F3N4O3-. The predicted molar refractivity (Wildman–Crippen MR) is 118 cm³/mol. The van der Waals surface area contributed by atoms with E-state index in [4.69, 9.17) is 10.5 Å². The summed E-state index contributed by atoms with van der Waals surface area (Å²) in [7, 11) is 0. The molecule has 2 N–H and O–H groups in total. The van der Waals surface area contributed by atoms with E-state index in [0.717, 1.165) is 38.2 Å². The van der Waals surface area contributed by atoms with Gasteiger partial charge in [0.1, 0.15) is 6.61 Å². The third-order valence-corrected chi connectivity index (χ3v) is 6.71. The average molecular weight is 468 g/mol. The molecule has 3 fully saturated rings. The van der Waals surface area contributed by atoms with Crippen molar-refractivity contribution in [3.63, 3.8) is 0 Å². The summed E-state index contributed by atoms with van der Waals surface area (Å²) >= 11 is 0. The van der Waals surface area contributed by atoms with Crippen LogP contribution in [0.3, 0.4) is 0 Å². The molecule has 2 saturated carbocycles. The van der Waals surface area contributed by atoms with Crippen LogP contribution in [0.5, 0.6) is 0 Å². The molecular weight excluding hydrogens is 437 g/mol. The van der Waals surface area contributed by atoms with Crippen molar-refractivity contribution in [2.75, 3.05) is 49.6 Å². The first-order valence-corrected chi connectivity index (χ1v) is 11.5. The van der Waals surface area contributed by atoms with Crippen LogP contribution in [0.2, 0.25) is 0 Å². The highest BCUT2D eigenvalue weighted by atomic mass is 19.4. The number of amides is 2. The normalized spacial score (nSPS) is 20.6. The van der Waals surface area contributed by atoms with Crippen LogP contribution in [0.25, 0.3) is 5.73 Å². The van der Waals surface area contributed by atoms with Crippen LogP contribution >= 0.6 is 0 Å². The number of ether oxygens (including phenoxy) is 1. The molecule has 0 spiro atoms. The summed E-state index contributed by atoms with van der Waals surface area (Å²) in [6, 6.07) is 2.69. The molecule has 1 aliphatic heterocycles. The predicted octanol–water partition coefficient (Wildman–Crippen LogP) is 3.94. The van der Waals surface area contributed by atoms with Crippen LogP contribution in [-0.2, 0) is 20.5 Å². The second kappa shape index (κ2) is 9.99. The zero-order chi connectivity index (χ0) is 23.6. The van der Waals surface area contributed by atoms with Crippen LogP contribution in [-0.4, -0.2) is 62.1 Å². The second-order valence-electron chi connectivity index (χ2n) is 9.23. The Morgan fingerprint density at radius 1 is 1.21 bits per heavy atom. The van der Waals surface area contributed by atoms with Crippen molar-refractivity contribution >= 4 is 23.2 Å². The molecule has 1 saturated heterocycles. The van der Waals surface area contributed by atoms with Gasteiger partial charge in [0.25, 0.3) is 5.91 Å². The fourth-order valence-corrected chi connectivity index (χ4v) is 4.41. The summed E-state index contributed by atoms with van der Waals surface area (Å²) in [5, 5.41) is 2.44. The number of alkyl halides is 3. The molecule has 4 rings (SSSR count). The quantitative estimate of drug-likeness (QED) is 0.596. The minimum Gasteiger partial charge on any atom is -0.676 e. The van der Waals surface area contributed by atoms with Gasteiger partial charge in [0.05, 0.1) is 23.9 Å². The third kappa shape index (κ3) is 5.85. The monoisotopic (exact) mass is 467 g/mol. The van der Waals surface area contributed by atoms with Crippen LogP contribution < -0.4 is 10.2 Å². The van der Waals surface area contributed by atoms with Gasteiger partial charge >= 0.3 is 6.18 Å². The Morgan fingerprint density at radius 3 is 2.45 bits per heavy atom. The first kappa shape index (κ1) is 24.0. The van der Waals surface area contributed by atoms with E-state index in [1.807, 2.05) is 4.90 Å². The fourth-order valence-electron chi connectivity index (χ4n) is 4.41. The topological polar surface area (TPSA) is 85.7 Å². The number of hydrogen-bond acceptors (Lipinski definition) is 4. The largest absolute Gasteiger partial charge is 0.676 e. The second-order valence-corrected chi connectivity index (χ2v) is 9.23. The molecule has 3 aliphatic rings. The Bertz CT molecular complexity index is 871. The number of anilines is 2. The highest BCUT2D eigenvalue weighted by molar-refractivity contribution is 5.98. The van der Waals surface area contributed by atoms with Gasteiger partial charge in [-0.1, -0.05) is 6.42 Å².